The van der Waals surface area contributed by atoms with E-state index in [-0.39, 0.29) is 12.4 Å². The zero-order valence-electron chi connectivity index (χ0n) is 11.6. The van der Waals surface area contributed by atoms with Gasteiger partial charge in [0, 0.05) is 0 Å². The van der Waals surface area contributed by atoms with E-state index in [1.807, 2.05) is 0 Å². The smallest absolute Gasteiger partial charge is 0.419 e. The summed E-state index contributed by atoms with van der Waals surface area (Å²) in [7, 11) is 0. The van der Waals surface area contributed by atoms with Gasteiger partial charge < -0.3 is 10.1 Å². The van der Waals surface area contributed by atoms with Gasteiger partial charge in [-0.15, -0.1) is 0 Å². The molecule has 0 aromatic heterocycles. The van der Waals surface area contributed by atoms with Crippen molar-refractivity contribution >= 4 is 0 Å². The molecule has 114 valence electrons. The summed E-state index contributed by atoms with van der Waals surface area (Å²) in [5.74, 6) is -0.714. The van der Waals surface area contributed by atoms with E-state index in [1.54, 1.807) is 0 Å². The number of rotatable bonds is 7. The normalized spacial score (nSPS) is 11.9. The van der Waals surface area contributed by atoms with Gasteiger partial charge in [-0.2, -0.15) is 13.2 Å². The second-order valence-corrected chi connectivity index (χ2v) is 4.94. The molecule has 0 saturated carbocycles. The minimum atomic E-state index is -4.71. The molecule has 1 rings (SSSR count). The average molecular weight is 293 g/mol. The molecule has 0 amide bonds. The quantitative estimate of drug-likeness (QED) is 0.609. The van der Waals surface area contributed by atoms with E-state index in [9.17, 15) is 17.6 Å². The molecule has 1 aromatic carbocycles. The number of alkyl halides is 3. The zero-order chi connectivity index (χ0) is 15.2. The van der Waals surface area contributed by atoms with E-state index in [2.05, 4.69) is 19.2 Å². The molecular weight excluding hydrogens is 274 g/mol. The van der Waals surface area contributed by atoms with Gasteiger partial charge in [0.1, 0.15) is 11.6 Å². The monoisotopic (exact) mass is 293 g/mol. The Morgan fingerprint density at radius 3 is 2.55 bits per heavy atom. The summed E-state index contributed by atoms with van der Waals surface area (Å²) in [6, 6.07) is 2.66. The highest BCUT2D eigenvalue weighted by atomic mass is 19.4. The molecule has 1 N–H and O–H groups in total. The molecule has 2 nitrogen and oxygen atoms in total. The molecule has 0 fully saturated rings. The minimum absolute atomic E-state index is 0.0302. The molecule has 0 aliphatic heterocycles. The van der Waals surface area contributed by atoms with E-state index in [4.69, 9.17) is 4.74 Å². The van der Waals surface area contributed by atoms with Crippen LogP contribution in [-0.4, -0.2) is 19.7 Å². The van der Waals surface area contributed by atoms with Gasteiger partial charge in [0.2, 0.25) is 0 Å². The highest BCUT2D eigenvalue weighted by Crippen LogP contribution is 2.33. The molecule has 0 spiro atoms. The molecule has 20 heavy (non-hydrogen) atoms. The SMILES string of the molecule is CC(C)CNCCCOc1ccc(F)c(C(F)(F)F)c1. The predicted octanol–water partition coefficient (Wildman–Crippen LogP) is 3.86. The van der Waals surface area contributed by atoms with Gasteiger partial charge in [0.15, 0.2) is 0 Å². The van der Waals surface area contributed by atoms with Crippen LogP contribution in [-0.2, 0) is 6.18 Å². The van der Waals surface area contributed by atoms with E-state index >= 15 is 0 Å². The lowest BCUT2D eigenvalue weighted by Crippen LogP contribution is -2.22. The maximum Gasteiger partial charge on any atom is 0.419 e. The third-order valence-electron chi connectivity index (χ3n) is 2.56. The first-order chi connectivity index (χ1) is 9.30. The van der Waals surface area contributed by atoms with E-state index < -0.39 is 17.6 Å². The molecule has 0 aliphatic rings. The summed E-state index contributed by atoms with van der Waals surface area (Å²) in [5.41, 5.74) is -1.30. The summed E-state index contributed by atoms with van der Waals surface area (Å²) < 4.78 is 55.7. The van der Waals surface area contributed by atoms with Crippen molar-refractivity contribution < 1.29 is 22.3 Å². The Morgan fingerprint density at radius 1 is 1.25 bits per heavy atom. The van der Waals surface area contributed by atoms with Crippen LogP contribution in [0.25, 0.3) is 0 Å². The van der Waals surface area contributed by atoms with Gasteiger partial charge >= 0.3 is 6.18 Å². The Labute approximate surface area is 116 Å². The number of benzene rings is 1. The first-order valence-corrected chi connectivity index (χ1v) is 6.51. The maximum atomic E-state index is 13.0. The van der Waals surface area contributed by atoms with Crippen molar-refractivity contribution in [3.05, 3.63) is 29.6 Å². The standard InChI is InChI=1S/C14H19F4NO/c1-10(2)9-19-6-3-7-20-11-4-5-13(15)12(8-11)14(16,17)18/h4-5,8,10,19H,3,6-7,9H2,1-2H3. The van der Waals surface area contributed by atoms with Crippen LogP contribution in [0.1, 0.15) is 25.8 Å². The Bertz CT molecular complexity index is 418. The van der Waals surface area contributed by atoms with Gasteiger partial charge in [0.25, 0.3) is 0 Å². The summed E-state index contributed by atoms with van der Waals surface area (Å²) in [5, 5.41) is 3.20. The zero-order valence-corrected chi connectivity index (χ0v) is 11.6. The van der Waals surface area contributed by atoms with E-state index in [1.165, 1.54) is 6.07 Å². The number of nitrogens with one attached hydrogen (secondary N) is 1. The second-order valence-electron chi connectivity index (χ2n) is 4.94. The molecule has 0 bridgehead atoms. The third kappa shape index (κ3) is 5.77. The number of ether oxygens (including phenoxy) is 1. The van der Waals surface area contributed by atoms with Crippen LogP contribution in [0, 0.1) is 11.7 Å². The van der Waals surface area contributed by atoms with Crippen molar-refractivity contribution in [2.75, 3.05) is 19.7 Å². The van der Waals surface area contributed by atoms with Gasteiger partial charge in [0.05, 0.1) is 12.2 Å². The fourth-order valence-electron chi connectivity index (χ4n) is 1.59. The van der Waals surface area contributed by atoms with Crippen molar-refractivity contribution in [1.29, 1.82) is 0 Å². The van der Waals surface area contributed by atoms with Crippen molar-refractivity contribution in [3.8, 4) is 5.75 Å². The molecule has 1 aromatic rings. The van der Waals surface area contributed by atoms with Crippen LogP contribution in [0.2, 0.25) is 0 Å². The Kier molecular flexibility index (Phi) is 6.26. The molecule has 0 radical (unpaired) electrons. The lowest BCUT2D eigenvalue weighted by atomic mass is 10.2. The van der Waals surface area contributed by atoms with Gasteiger partial charge in [-0.25, -0.2) is 4.39 Å². The lowest BCUT2D eigenvalue weighted by molar-refractivity contribution is -0.140. The van der Waals surface area contributed by atoms with Crippen molar-refractivity contribution in [2.24, 2.45) is 5.92 Å². The average Bonchev–Trinajstić information content (AvgIpc) is 2.33. The Hall–Kier alpha value is -1.30. The van der Waals surface area contributed by atoms with Crippen molar-refractivity contribution in [1.82, 2.24) is 5.32 Å². The first kappa shape index (κ1) is 16.8. The predicted molar refractivity (Wildman–Crippen MR) is 69.2 cm³/mol. The molecular formula is C14H19F4NO. The minimum Gasteiger partial charge on any atom is -0.494 e. The van der Waals surface area contributed by atoms with Gasteiger partial charge in [-0.05, 0) is 43.6 Å². The third-order valence-corrected chi connectivity index (χ3v) is 2.56. The Balaban J connectivity index is 2.41. The molecule has 0 aliphatic carbocycles. The van der Waals surface area contributed by atoms with E-state index in [0.29, 0.717) is 18.4 Å². The summed E-state index contributed by atoms with van der Waals surface area (Å²) >= 11 is 0. The maximum absolute atomic E-state index is 13.0. The summed E-state index contributed by atoms with van der Waals surface area (Å²) in [6.45, 7) is 6.07. The van der Waals surface area contributed by atoms with Crippen LogP contribution >= 0.6 is 0 Å². The Morgan fingerprint density at radius 2 is 1.95 bits per heavy atom. The van der Waals surface area contributed by atoms with Crippen LogP contribution < -0.4 is 10.1 Å². The fraction of sp³-hybridized carbons (Fsp3) is 0.571. The highest BCUT2D eigenvalue weighted by molar-refractivity contribution is 5.31. The van der Waals surface area contributed by atoms with Crippen LogP contribution in [0.15, 0.2) is 18.2 Å². The molecule has 0 atom stereocenters. The highest BCUT2D eigenvalue weighted by Gasteiger charge is 2.34. The molecule has 0 saturated heterocycles. The fourth-order valence-corrected chi connectivity index (χ4v) is 1.59. The molecule has 0 unspecified atom stereocenters. The second kappa shape index (κ2) is 7.47. The topological polar surface area (TPSA) is 21.3 Å². The van der Waals surface area contributed by atoms with Crippen molar-refractivity contribution in [3.63, 3.8) is 0 Å². The molecule has 6 heteroatoms. The summed E-state index contributed by atoms with van der Waals surface area (Å²) in [4.78, 5) is 0. The van der Waals surface area contributed by atoms with Gasteiger partial charge in [-0.3, -0.25) is 0 Å². The van der Waals surface area contributed by atoms with Gasteiger partial charge in [-0.1, -0.05) is 13.8 Å². The summed E-state index contributed by atoms with van der Waals surface area (Å²) in [6.07, 6.45) is -4.03. The van der Waals surface area contributed by atoms with Crippen LogP contribution in [0.3, 0.4) is 0 Å². The number of hydrogen-bond acceptors (Lipinski definition) is 2. The number of halogens is 4. The van der Waals surface area contributed by atoms with E-state index in [0.717, 1.165) is 19.2 Å². The first-order valence-electron chi connectivity index (χ1n) is 6.51. The van der Waals surface area contributed by atoms with Crippen LogP contribution in [0.4, 0.5) is 17.6 Å². The molecule has 0 heterocycles. The largest absolute Gasteiger partial charge is 0.494 e. The lowest BCUT2D eigenvalue weighted by Gasteiger charge is -2.12. The number of hydrogen-bond donors (Lipinski definition) is 1. The van der Waals surface area contributed by atoms with Crippen molar-refractivity contribution in [2.45, 2.75) is 26.4 Å². The van der Waals surface area contributed by atoms with Crippen LogP contribution in [0.5, 0.6) is 5.75 Å².